The van der Waals surface area contributed by atoms with E-state index in [0.717, 1.165) is 49.3 Å². The maximum absolute atomic E-state index is 10.0. The van der Waals surface area contributed by atoms with Crippen LogP contribution in [0, 0.1) is 6.92 Å². The van der Waals surface area contributed by atoms with E-state index < -0.39 is 24.4 Å². The lowest BCUT2D eigenvalue weighted by atomic mass is 9.94. The lowest BCUT2D eigenvalue weighted by Crippen LogP contribution is -2.62. The average molecular weight is 419 g/mol. The monoisotopic (exact) mass is 418 g/mol. The van der Waals surface area contributed by atoms with Crippen LogP contribution in [0.2, 0.25) is 0 Å². The zero-order valence-corrected chi connectivity index (χ0v) is 17.5. The summed E-state index contributed by atoms with van der Waals surface area (Å²) < 4.78 is 0. The first-order chi connectivity index (χ1) is 14.5. The Morgan fingerprint density at radius 3 is 2.63 bits per heavy atom. The highest BCUT2D eigenvalue weighted by Crippen LogP contribution is 2.23. The Kier molecular flexibility index (Phi) is 8.24. The van der Waals surface area contributed by atoms with Crippen LogP contribution in [0.5, 0.6) is 0 Å². The standard InChI is InChI=1S/C22H34N4O4/c1-15-12-16(22-24-9-10-25-22)6-7-17(15)23-8-4-2-3-5-11-26-13-19(28)21(30)20(29)18(26)14-27/h6-7,9-10,12,18-21,23,27-30H,2-5,8,11,13-14H2,1H3,(H,24,25)/t18-,19+,20-,21-/m1/s1. The van der Waals surface area contributed by atoms with Crippen molar-refractivity contribution in [3.05, 3.63) is 36.2 Å². The van der Waals surface area contributed by atoms with Crippen LogP contribution < -0.4 is 5.32 Å². The van der Waals surface area contributed by atoms with Gasteiger partial charge in [-0.15, -0.1) is 0 Å². The smallest absolute Gasteiger partial charge is 0.137 e. The van der Waals surface area contributed by atoms with E-state index in [1.54, 1.807) is 6.20 Å². The summed E-state index contributed by atoms with van der Waals surface area (Å²) in [5.74, 6) is 0.872. The zero-order valence-electron chi connectivity index (χ0n) is 17.5. The van der Waals surface area contributed by atoms with Crippen LogP contribution in [0.25, 0.3) is 11.4 Å². The molecule has 0 radical (unpaired) electrons. The number of hydrogen-bond acceptors (Lipinski definition) is 7. The van der Waals surface area contributed by atoms with Gasteiger partial charge < -0.3 is 30.7 Å². The van der Waals surface area contributed by atoms with Crippen LogP contribution in [0.1, 0.15) is 31.2 Å². The fourth-order valence-electron chi connectivity index (χ4n) is 4.08. The minimum Gasteiger partial charge on any atom is -0.395 e. The number of aromatic amines is 1. The average Bonchev–Trinajstić information content (AvgIpc) is 3.27. The number of anilines is 1. The first-order valence-electron chi connectivity index (χ1n) is 10.7. The predicted octanol–water partition coefficient (Wildman–Crippen LogP) is 1.12. The number of nitrogens with zero attached hydrogens (tertiary/aromatic N) is 2. The van der Waals surface area contributed by atoms with Crippen molar-refractivity contribution in [1.82, 2.24) is 14.9 Å². The number of unbranched alkanes of at least 4 members (excludes halogenated alkanes) is 3. The van der Waals surface area contributed by atoms with Crippen molar-refractivity contribution < 1.29 is 20.4 Å². The second-order valence-electron chi connectivity index (χ2n) is 8.10. The summed E-state index contributed by atoms with van der Waals surface area (Å²) in [7, 11) is 0. The van der Waals surface area contributed by atoms with Crippen molar-refractivity contribution in [2.75, 3.05) is 31.6 Å². The van der Waals surface area contributed by atoms with Gasteiger partial charge >= 0.3 is 0 Å². The van der Waals surface area contributed by atoms with E-state index in [1.165, 1.54) is 5.56 Å². The molecule has 1 fully saturated rings. The molecule has 1 aromatic carbocycles. The van der Waals surface area contributed by atoms with Gasteiger partial charge in [0.05, 0.1) is 18.8 Å². The number of benzene rings is 1. The largest absolute Gasteiger partial charge is 0.395 e. The van der Waals surface area contributed by atoms with Crippen LogP contribution in [0.3, 0.4) is 0 Å². The SMILES string of the molecule is Cc1cc(-c2ncc[nH]2)ccc1NCCCCCCN1C[C@H](O)[C@@H](O)[C@H](O)[C@H]1CO. The molecule has 2 aromatic rings. The quantitative estimate of drug-likeness (QED) is 0.319. The van der Waals surface area contributed by atoms with Gasteiger partial charge in [0.25, 0.3) is 0 Å². The van der Waals surface area contributed by atoms with Crippen molar-refractivity contribution in [3.8, 4) is 11.4 Å². The Labute approximate surface area is 177 Å². The summed E-state index contributed by atoms with van der Waals surface area (Å²) in [6, 6.07) is 5.75. The van der Waals surface area contributed by atoms with Crippen molar-refractivity contribution >= 4 is 5.69 Å². The summed E-state index contributed by atoms with van der Waals surface area (Å²) in [6.45, 7) is 3.72. The number of aryl methyl sites for hydroxylation is 1. The second kappa shape index (κ2) is 10.9. The van der Waals surface area contributed by atoms with Crippen LogP contribution in [-0.2, 0) is 0 Å². The molecule has 4 atom stereocenters. The summed E-state index contributed by atoms with van der Waals surface area (Å²) >= 11 is 0. The second-order valence-corrected chi connectivity index (χ2v) is 8.10. The number of aromatic nitrogens is 2. The highest BCUT2D eigenvalue weighted by molar-refractivity contribution is 5.63. The summed E-state index contributed by atoms with van der Waals surface area (Å²) in [5, 5.41) is 42.6. The molecule has 2 heterocycles. The predicted molar refractivity (Wildman–Crippen MR) is 116 cm³/mol. The molecule has 0 aliphatic carbocycles. The van der Waals surface area contributed by atoms with Gasteiger partial charge in [-0.3, -0.25) is 4.90 Å². The molecule has 0 saturated carbocycles. The Morgan fingerprint density at radius 1 is 1.13 bits per heavy atom. The van der Waals surface area contributed by atoms with Crippen LogP contribution >= 0.6 is 0 Å². The molecule has 166 valence electrons. The molecule has 1 aliphatic rings. The molecule has 30 heavy (non-hydrogen) atoms. The Morgan fingerprint density at radius 2 is 1.93 bits per heavy atom. The third-order valence-corrected chi connectivity index (χ3v) is 5.90. The van der Waals surface area contributed by atoms with Gasteiger partial charge in [-0.05, 0) is 50.1 Å². The minimum atomic E-state index is -1.19. The number of piperidine rings is 1. The highest BCUT2D eigenvalue weighted by atomic mass is 16.4. The van der Waals surface area contributed by atoms with E-state index >= 15 is 0 Å². The number of H-pyrrole nitrogens is 1. The van der Waals surface area contributed by atoms with Crippen molar-refractivity contribution in [1.29, 1.82) is 0 Å². The molecule has 1 aliphatic heterocycles. The molecule has 1 saturated heterocycles. The van der Waals surface area contributed by atoms with Crippen LogP contribution in [0.4, 0.5) is 5.69 Å². The fraction of sp³-hybridized carbons (Fsp3) is 0.591. The van der Waals surface area contributed by atoms with Gasteiger partial charge in [-0.2, -0.15) is 0 Å². The van der Waals surface area contributed by atoms with E-state index in [0.29, 0.717) is 6.54 Å². The Hall–Kier alpha value is -1.97. The molecule has 8 nitrogen and oxygen atoms in total. The van der Waals surface area contributed by atoms with E-state index in [-0.39, 0.29) is 13.2 Å². The van der Waals surface area contributed by atoms with Crippen LogP contribution in [0.15, 0.2) is 30.6 Å². The summed E-state index contributed by atoms with van der Waals surface area (Å²) in [6.07, 6.45) is 4.35. The first kappa shape index (κ1) is 22.7. The maximum Gasteiger partial charge on any atom is 0.137 e. The topological polar surface area (TPSA) is 125 Å². The Bertz CT molecular complexity index is 771. The third kappa shape index (κ3) is 5.59. The van der Waals surface area contributed by atoms with Crippen molar-refractivity contribution in [3.63, 3.8) is 0 Å². The van der Waals surface area contributed by atoms with Gasteiger partial charge in [0.2, 0.25) is 0 Å². The number of hydrogen-bond donors (Lipinski definition) is 6. The van der Waals surface area contributed by atoms with Crippen LogP contribution in [-0.4, -0.2) is 85.9 Å². The first-order valence-corrected chi connectivity index (χ1v) is 10.7. The van der Waals surface area contributed by atoms with E-state index in [1.807, 2.05) is 11.1 Å². The zero-order chi connectivity index (χ0) is 21.5. The van der Waals surface area contributed by atoms with E-state index in [4.69, 9.17) is 0 Å². The number of β-amino-alcohol motifs (C(OH)–C–C–N with tert-alkyl or cyclic N) is 1. The molecule has 0 bridgehead atoms. The Balaban J connectivity index is 1.34. The van der Waals surface area contributed by atoms with Gasteiger partial charge in [0.15, 0.2) is 0 Å². The number of aliphatic hydroxyl groups excluding tert-OH is 4. The van der Waals surface area contributed by atoms with Crippen molar-refractivity contribution in [2.45, 2.75) is 57.0 Å². The number of likely N-dealkylation sites (tertiary alicyclic amines) is 1. The molecule has 0 spiro atoms. The normalized spacial score (nSPS) is 24.8. The lowest BCUT2D eigenvalue weighted by molar-refractivity contribution is -0.145. The number of rotatable bonds is 10. The van der Waals surface area contributed by atoms with E-state index in [2.05, 4.69) is 40.4 Å². The van der Waals surface area contributed by atoms with Gasteiger partial charge in [-0.25, -0.2) is 4.98 Å². The maximum atomic E-state index is 10.0. The number of aliphatic hydroxyl groups is 4. The molecular formula is C22H34N4O4. The van der Waals surface area contributed by atoms with Crippen molar-refractivity contribution in [2.24, 2.45) is 0 Å². The molecule has 0 amide bonds. The molecule has 3 rings (SSSR count). The van der Waals surface area contributed by atoms with Gasteiger partial charge in [-0.1, -0.05) is 12.8 Å². The molecular weight excluding hydrogens is 384 g/mol. The highest BCUT2D eigenvalue weighted by Gasteiger charge is 2.40. The molecule has 1 aromatic heterocycles. The molecule has 8 heteroatoms. The summed E-state index contributed by atoms with van der Waals surface area (Å²) in [5.41, 5.74) is 3.39. The molecule has 6 N–H and O–H groups in total. The molecule has 0 unspecified atom stereocenters. The lowest BCUT2D eigenvalue weighted by Gasteiger charge is -2.43. The fourth-order valence-corrected chi connectivity index (χ4v) is 4.08. The minimum absolute atomic E-state index is 0.229. The van der Waals surface area contributed by atoms with E-state index in [9.17, 15) is 20.4 Å². The van der Waals surface area contributed by atoms with Gasteiger partial charge in [0, 0.05) is 36.7 Å². The number of imidazole rings is 1. The van der Waals surface area contributed by atoms with Gasteiger partial charge in [0.1, 0.15) is 18.0 Å². The third-order valence-electron chi connectivity index (χ3n) is 5.90. The summed E-state index contributed by atoms with van der Waals surface area (Å²) in [4.78, 5) is 9.28. The number of nitrogens with one attached hydrogen (secondary N) is 2.